The first-order chi connectivity index (χ1) is 15.0. The maximum atomic E-state index is 13.8. The fourth-order valence-corrected chi connectivity index (χ4v) is 3.51. The number of nitrogens with zero attached hydrogens (tertiary/aromatic N) is 1. The monoisotopic (exact) mass is 415 g/mol. The van der Waals surface area contributed by atoms with Gasteiger partial charge in [-0.3, -0.25) is 9.59 Å². The molecule has 2 amide bonds. The van der Waals surface area contributed by atoms with E-state index in [1.54, 1.807) is 31.2 Å². The van der Waals surface area contributed by atoms with Crippen LogP contribution in [0.1, 0.15) is 40.7 Å². The Morgan fingerprint density at radius 1 is 0.968 bits per heavy atom. The number of carbonyl (C=O) groups excluding carboxylic acids is 2. The molecule has 31 heavy (non-hydrogen) atoms. The van der Waals surface area contributed by atoms with Gasteiger partial charge in [0.1, 0.15) is 5.82 Å². The lowest BCUT2D eigenvalue weighted by atomic mass is 10.1. The Hall–Kier alpha value is -3.80. The first-order valence-corrected chi connectivity index (χ1v) is 10.1. The van der Waals surface area contributed by atoms with Crippen LogP contribution in [-0.4, -0.2) is 17.5 Å². The summed E-state index contributed by atoms with van der Waals surface area (Å²) in [6, 6.07) is 22.8. The lowest BCUT2D eigenvalue weighted by Gasteiger charge is -2.08. The molecule has 2 N–H and O–H groups in total. The highest BCUT2D eigenvalue weighted by atomic mass is 19.1. The molecule has 0 unspecified atom stereocenters. The number of amides is 2. The number of halogens is 1. The molecule has 4 rings (SSSR count). The van der Waals surface area contributed by atoms with Crippen LogP contribution in [0.4, 0.5) is 10.1 Å². The molecule has 6 heteroatoms. The third-order valence-electron chi connectivity index (χ3n) is 5.35. The second-order valence-corrected chi connectivity index (χ2v) is 7.55. The number of hydrogen-bond acceptors (Lipinski definition) is 3. The molecule has 0 aromatic heterocycles. The number of carbonyl (C=O) groups is 2. The van der Waals surface area contributed by atoms with Gasteiger partial charge in [0.15, 0.2) is 0 Å². The Kier molecular flexibility index (Phi) is 5.89. The Morgan fingerprint density at radius 2 is 1.71 bits per heavy atom. The van der Waals surface area contributed by atoms with Gasteiger partial charge in [0.2, 0.25) is 5.91 Å². The molecular formula is C25H22FN3O2. The van der Waals surface area contributed by atoms with Crippen molar-refractivity contribution in [2.45, 2.75) is 19.3 Å². The van der Waals surface area contributed by atoms with E-state index in [4.69, 9.17) is 0 Å². The van der Waals surface area contributed by atoms with E-state index >= 15 is 0 Å². The smallest absolute Gasteiger partial charge is 0.258 e. The van der Waals surface area contributed by atoms with Gasteiger partial charge in [-0.25, -0.2) is 9.82 Å². The molecule has 1 saturated carbocycles. The van der Waals surface area contributed by atoms with E-state index in [0.717, 1.165) is 12.0 Å². The number of nitrogens with one attached hydrogen (secondary N) is 2. The number of anilines is 1. The van der Waals surface area contributed by atoms with Gasteiger partial charge < -0.3 is 5.32 Å². The van der Waals surface area contributed by atoms with Crippen molar-refractivity contribution in [2.75, 3.05) is 5.32 Å². The van der Waals surface area contributed by atoms with Crippen molar-refractivity contribution < 1.29 is 14.0 Å². The predicted octanol–water partition coefficient (Wildman–Crippen LogP) is 4.72. The fourth-order valence-electron chi connectivity index (χ4n) is 3.51. The van der Waals surface area contributed by atoms with Crippen LogP contribution in [0.2, 0.25) is 0 Å². The lowest BCUT2D eigenvalue weighted by molar-refractivity contribution is -0.122. The maximum Gasteiger partial charge on any atom is 0.258 e. The van der Waals surface area contributed by atoms with Gasteiger partial charge >= 0.3 is 0 Å². The van der Waals surface area contributed by atoms with Gasteiger partial charge in [-0.2, -0.15) is 5.10 Å². The zero-order valence-electron chi connectivity index (χ0n) is 17.0. The van der Waals surface area contributed by atoms with Gasteiger partial charge in [0, 0.05) is 11.6 Å². The Morgan fingerprint density at radius 3 is 2.48 bits per heavy atom. The molecule has 1 aliphatic rings. The highest BCUT2D eigenvalue weighted by Gasteiger charge is 2.43. The molecule has 0 bridgehead atoms. The normalized spacial score (nSPS) is 17.7. The summed E-state index contributed by atoms with van der Waals surface area (Å²) in [5, 5.41) is 6.91. The van der Waals surface area contributed by atoms with E-state index in [1.807, 2.05) is 36.4 Å². The summed E-state index contributed by atoms with van der Waals surface area (Å²) >= 11 is 0. The van der Waals surface area contributed by atoms with Crippen molar-refractivity contribution in [3.63, 3.8) is 0 Å². The summed E-state index contributed by atoms with van der Waals surface area (Å²) in [4.78, 5) is 24.7. The molecule has 0 spiro atoms. The van der Waals surface area contributed by atoms with E-state index in [2.05, 4.69) is 15.8 Å². The molecule has 5 nitrogen and oxygen atoms in total. The quantitative estimate of drug-likeness (QED) is 0.452. The summed E-state index contributed by atoms with van der Waals surface area (Å²) in [5.41, 5.74) is 5.65. The minimum Gasteiger partial charge on any atom is -0.322 e. The standard InChI is InChI=1S/C25H22FN3O2/c1-16(28-29-25(31)22-15-21(22)17-8-3-2-4-9-17)18-10-7-11-19(14-18)27-24(30)20-12-5-6-13-23(20)26/h2-14,21-22H,15H2,1H3,(H,27,30)(H,29,31)/b28-16-/t21-,22+/m1/s1. The molecule has 1 fully saturated rings. The van der Waals surface area contributed by atoms with Crippen LogP contribution in [-0.2, 0) is 4.79 Å². The topological polar surface area (TPSA) is 70.6 Å². The van der Waals surface area contributed by atoms with E-state index in [-0.39, 0.29) is 23.3 Å². The van der Waals surface area contributed by atoms with E-state index in [9.17, 15) is 14.0 Å². The Labute approximate surface area is 180 Å². The van der Waals surface area contributed by atoms with Crippen LogP contribution in [0, 0.1) is 11.7 Å². The first-order valence-electron chi connectivity index (χ1n) is 10.1. The average molecular weight is 415 g/mol. The minimum atomic E-state index is -0.578. The number of hydrazone groups is 1. The Bertz CT molecular complexity index is 1140. The number of benzene rings is 3. The van der Waals surface area contributed by atoms with Crippen LogP contribution in [0.3, 0.4) is 0 Å². The summed E-state index contributed by atoms with van der Waals surface area (Å²) in [5.74, 6) is -1.03. The molecule has 3 aromatic carbocycles. The zero-order chi connectivity index (χ0) is 21.8. The molecule has 3 aromatic rings. The van der Waals surface area contributed by atoms with Crippen LogP contribution < -0.4 is 10.7 Å². The summed E-state index contributed by atoms with van der Waals surface area (Å²) < 4.78 is 13.8. The zero-order valence-corrected chi connectivity index (χ0v) is 17.0. The van der Waals surface area contributed by atoms with Crippen molar-refractivity contribution >= 4 is 23.2 Å². The van der Waals surface area contributed by atoms with Crippen molar-refractivity contribution in [1.29, 1.82) is 0 Å². The van der Waals surface area contributed by atoms with Crippen LogP contribution in [0.5, 0.6) is 0 Å². The summed E-state index contributed by atoms with van der Waals surface area (Å²) in [6.07, 6.45) is 0.821. The van der Waals surface area contributed by atoms with Crippen LogP contribution in [0.15, 0.2) is 84.0 Å². The molecule has 0 saturated heterocycles. The largest absolute Gasteiger partial charge is 0.322 e. The summed E-state index contributed by atoms with van der Waals surface area (Å²) in [6.45, 7) is 1.78. The second-order valence-electron chi connectivity index (χ2n) is 7.55. The predicted molar refractivity (Wildman–Crippen MR) is 118 cm³/mol. The van der Waals surface area contributed by atoms with Gasteiger partial charge in [0.25, 0.3) is 5.91 Å². The van der Waals surface area contributed by atoms with E-state index < -0.39 is 11.7 Å². The fraction of sp³-hybridized carbons (Fsp3) is 0.160. The van der Waals surface area contributed by atoms with Gasteiger partial charge in [-0.15, -0.1) is 0 Å². The van der Waals surface area contributed by atoms with Crippen LogP contribution in [0.25, 0.3) is 0 Å². The molecule has 1 aliphatic carbocycles. The second kappa shape index (κ2) is 8.92. The van der Waals surface area contributed by atoms with Crippen molar-refractivity contribution in [2.24, 2.45) is 11.0 Å². The minimum absolute atomic E-state index is 0.0250. The maximum absolute atomic E-state index is 13.8. The van der Waals surface area contributed by atoms with Crippen molar-refractivity contribution in [1.82, 2.24) is 5.43 Å². The highest BCUT2D eigenvalue weighted by Crippen LogP contribution is 2.47. The number of hydrogen-bond donors (Lipinski definition) is 2. The molecule has 156 valence electrons. The van der Waals surface area contributed by atoms with Gasteiger partial charge in [-0.1, -0.05) is 54.6 Å². The van der Waals surface area contributed by atoms with Crippen molar-refractivity contribution in [3.05, 3.63) is 101 Å². The lowest BCUT2D eigenvalue weighted by Crippen LogP contribution is -2.21. The Balaban J connectivity index is 1.38. The SMILES string of the molecule is C/C(=N/NC(=O)[C@H]1C[C@@H]1c1ccccc1)c1cccc(NC(=O)c2ccccc2F)c1. The average Bonchev–Trinajstić information content (AvgIpc) is 3.59. The molecule has 0 radical (unpaired) electrons. The van der Waals surface area contributed by atoms with Crippen LogP contribution >= 0.6 is 0 Å². The third-order valence-corrected chi connectivity index (χ3v) is 5.35. The highest BCUT2D eigenvalue weighted by molar-refractivity contribution is 6.06. The molecule has 0 aliphatic heterocycles. The number of rotatable bonds is 6. The van der Waals surface area contributed by atoms with Gasteiger partial charge in [0.05, 0.1) is 11.3 Å². The molecule has 2 atom stereocenters. The first kappa shape index (κ1) is 20.5. The molecule has 0 heterocycles. The van der Waals surface area contributed by atoms with E-state index in [0.29, 0.717) is 11.4 Å². The molecular weight excluding hydrogens is 393 g/mol. The summed E-state index contributed by atoms with van der Waals surface area (Å²) in [7, 11) is 0. The van der Waals surface area contributed by atoms with E-state index in [1.165, 1.54) is 23.8 Å². The van der Waals surface area contributed by atoms with Gasteiger partial charge in [-0.05, 0) is 54.7 Å². The third kappa shape index (κ3) is 4.86. The van der Waals surface area contributed by atoms with Crippen molar-refractivity contribution in [3.8, 4) is 0 Å².